The molecule has 7 heteroatoms. The molecule has 0 spiro atoms. The molecule has 0 aliphatic carbocycles. The largest absolute Gasteiger partial charge is 0.489 e. The fraction of sp³-hybridized carbons (Fsp3) is 0.0645. The molecule has 0 radical (unpaired) electrons. The number of hydrogen-bond donors (Lipinski definition) is 2. The van der Waals surface area contributed by atoms with Gasteiger partial charge in [-0.05, 0) is 60.0 Å². The van der Waals surface area contributed by atoms with Gasteiger partial charge < -0.3 is 4.74 Å². The number of nitrogens with zero attached hydrogens (tertiary/aromatic N) is 2. The molecule has 0 unspecified atom stereocenters. The number of ether oxygens (including phenoxy) is 1. The van der Waals surface area contributed by atoms with Gasteiger partial charge >= 0.3 is 0 Å². The van der Waals surface area contributed by atoms with Gasteiger partial charge in [-0.25, -0.2) is 5.43 Å². The maximum Gasteiger partial charge on any atom is 0.289 e. The number of H-pyrrole nitrogens is 1. The van der Waals surface area contributed by atoms with E-state index in [1.54, 1.807) is 6.07 Å². The van der Waals surface area contributed by atoms with E-state index in [-0.39, 0.29) is 5.91 Å². The second kappa shape index (κ2) is 11.6. The molecule has 2 N–H and O–H groups in total. The van der Waals surface area contributed by atoms with Gasteiger partial charge in [0.25, 0.3) is 5.91 Å². The molecule has 0 saturated heterocycles. The predicted molar refractivity (Wildman–Crippen MR) is 151 cm³/mol. The SMILES string of the molecule is CC(=NNC(=O)c1cc(-c2ccc(OCc3ccccc3Cl)cc2)n[nH]1)c1ccc(-c2ccccc2)cc1. The van der Waals surface area contributed by atoms with Crippen LogP contribution in [0.15, 0.2) is 114 Å². The molecule has 0 aliphatic rings. The van der Waals surface area contributed by atoms with Crippen molar-refractivity contribution in [2.24, 2.45) is 5.10 Å². The van der Waals surface area contributed by atoms with Crippen molar-refractivity contribution in [3.63, 3.8) is 0 Å². The number of benzene rings is 4. The number of carbonyl (C=O) groups is 1. The topological polar surface area (TPSA) is 79.4 Å². The summed E-state index contributed by atoms with van der Waals surface area (Å²) < 4.78 is 5.84. The first kappa shape index (κ1) is 25.0. The van der Waals surface area contributed by atoms with Gasteiger partial charge in [-0.15, -0.1) is 0 Å². The Morgan fingerprint density at radius 2 is 1.53 bits per heavy atom. The maximum absolute atomic E-state index is 12.6. The van der Waals surface area contributed by atoms with Gasteiger partial charge in [0.05, 0.1) is 11.4 Å². The highest BCUT2D eigenvalue weighted by Gasteiger charge is 2.11. The number of nitrogens with one attached hydrogen (secondary N) is 2. The van der Waals surface area contributed by atoms with Crippen molar-refractivity contribution in [1.82, 2.24) is 15.6 Å². The summed E-state index contributed by atoms with van der Waals surface area (Å²) in [6.07, 6.45) is 0. The summed E-state index contributed by atoms with van der Waals surface area (Å²) in [5.74, 6) is 0.340. The first-order valence-electron chi connectivity index (χ1n) is 12.1. The molecule has 6 nitrogen and oxygen atoms in total. The van der Waals surface area contributed by atoms with E-state index in [1.165, 1.54) is 0 Å². The number of carbonyl (C=O) groups excluding carboxylic acids is 1. The first-order valence-corrected chi connectivity index (χ1v) is 12.5. The Morgan fingerprint density at radius 3 is 2.26 bits per heavy atom. The van der Waals surface area contributed by atoms with Crippen LogP contribution < -0.4 is 10.2 Å². The molecule has 0 atom stereocenters. The zero-order valence-electron chi connectivity index (χ0n) is 20.7. The van der Waals surface area contributed by atoms with Crippen LogP contribution in [0.3, 0.4) is 0 Å². The van der Waals surface area contributed by atoms with E-state index in [4.69, 9.17) is 16.3 Å². The van der Waals surface area contributed by atoms with E-state index in [0.717, 1.165) is 27.8 Å². The molecule has 0 bridgehead atoms. The molecule has 5 rings (SSSR count). The van der Waals surface area contributed by atoms with Gasteiger partial charge in [-0.3, -0.25) is 9.89 Å². The molecule has 0 fully saturated rings. The maximum atomic E-state index is 12.6. The molecule has 1 aromatic heterocycles. The van der Waals surface area contributed by atoms with Crippen LogP contribution in [-0.2, 0) is 6.61 Å². The van der Waals surface area contributed by atoms with Crippen LogP contribution in [0.25, 0.3) is 22.4 Å². The van der Waals surface area contributed by atoms with Crippen LogP contribution in [0.1, 0.15) is 28.5 Å². The standard InChI is InChI=1S/C31H25ClN4O2/c1-21(22-11-13-24(14-12-22)23-7-3-2-4-8-23)33-36-31(37)30-19-29(34-35-30)25-15-17-27(18-16-25)38-20-26-9-5-6-10-28(26)32/h2-19H,20H2,1H3,(H,34,35)(H,36,37). The fourth-order valence-electron chi connectivity index (χ4n) is 3.88. The molecule has 188 valence electrons. The van der Waals surface area contributed by atoms with Crippen LogP contribution in [0.2, 0.25) is 5.02 Å². The van der Waals surface area contributed by atoms with Crippen LogP contribution in [-0.4, -0.2) is 21.8 Å². The van der Waals surface area contributed by atoms with E-state index in [9.17, 15) is 4.79 Å². The first-order chi connectivity index (χ1) is 18.6. The summed E-state index contributed by atoms with van der Waals surface area (Å²) >= 11 is 6.19. The summed E-state index contributed by atoms with van der Waals surface area (Å²) in [4.78, 5) is 12.6. The Labute approximate surface area is 226 Å². The Morgan fingerprint density at radius 1 is 0.868 bits per heavy atom. The van der Waals surface area contributed by atoms with E-state index in [0.29, 0.717) is 34.5 Å². The van der Waals surface area contributed by atoms with Gasteiger partial charge in [0.15, 0.2) is 0 Å². The second-order valence-electron chi connectivity index (χ2n) is 8.65. The van der Waals surface area contributed by atoms with Crippen LogP contribution in [0, 0.1) is 0 Å². The molecule has 0 saturated carbocycles. The number of hydrogen-bond acceptors (Lipinski definition) is 4. The van der Waals surface area contributed by atoms with Crippen molar-refractivity contribution in [2.75, 3.05) is 0 Å². The van der Waals surface area contributed by atoms with Crippen molar-refractivity contribution in [3.8, 4) is 28.1 Å². The second-order valence-corrected chi connectivity index (χ2v) is 9.06. The highest BCUT2D eigenvalue weighted by atomic mass is 35.5. The monoisotopic (exact) mass is 520 g/mol. The molecular weight excluding hydrogens is 496 g/mol. The summed E-state index contributed by atoms with van der Waals surface area (Å²) in [5, 5.41) is 12.0. The number of aromatic amines is 1. The number of aromatic nitrogens is 2. The van der Waals surface area contributed by atoms with E-state index < -0.39 is 0 Å². The smallest absolute Gasteiger partial charge is 0.289 e. The van der Waals surface area contributed by atoms with Crippen molar-refractivity contribution in [3.05, 3.63) is 131 Å². The Hall–Kier alpha value is -4.68. The molecule has 4 aromatic carbocycles. The minimum Gasteiger partial charge on any atom is -0.489 e. The minimum atomic E-state index is -0.372. The summed E-state index contributed by atoms with van der Waals surface area (Å²) in [5.41, 5.74) is 9.22. The lowest BCUT2D eigenvalue weighted by molar-refractivity contribution is 0.0950. The highest BCUT2D eigenvalue weighted by molar-refractivity contribution is 6.31. The van der Waals surface area contributed by atoms with Gasteiger partial charge in [-0.2, -0.15) is 10.2 Å². The van der Waals surface area contributed by atoms with Crippen molar-refractivity contribution in [2.45, 2.75) is 13.5 Å². The van der Waals surface area contributed by atoms with Crippen molar-refractivity contribution < 1.29 is 9.53 Å². The summed E-state index contributed by atoms with van der Waals surface area (Å²) in [6, 6.07) is 35.0. The normalized spacial score (nSPS) is 11.3. The lowest BCUT2D eigenvalue weighted by Crippen LogP contribution is -2.19. The Balaban J connectivity index is 1.18. The van der Waals surface area contributed by atoms with Crippen LogP contribution in [0.4, 0.5) is 0 Å². The van der Waals surface area contributed by atoms with Gasteiger partial charge in [0.1, 0.15) is 18.1 Å². The third-order valence-corrected chi connectivity index (χ3v) is 6.43. The highest BCUT2D eigenvalue weighted by Crippen LogP contribution is 2.23. The quantitative estimate of drug-likeness (QED) is 0.169. The van der Waals surface area contributed by atoms with E-state index >= 15 is 0 Å². The zero-order chi connectivity index (χ0) is 26.3. The van der Waals surface area contributed by atoms with Crippen molar-refractivity contribution in [1.29, 1.82) is 0 Å². The van der Waals surface area contributed by atoms with Crippen LogP contribution in [0.5, 0.6) is 5.75 Å². The molecular formula is C31H25ClN4O2. The number of halogens is 1. The fourth-order valence-corrected chi connectivity index (χ4v) is 4.07. The zero-order valence-corrected chi connectivity index (χ0v) is 21.4. The third-order valence-electron chi connectivity index (χ3n) is 6.06. The number of amides is 1. The average molecular weight is 521 g/mol. The van der Waals surface area contributed by atoms with Crippen molar-refractivity contribution >= 4 is 23.2 Å². The lowest BCUT2D eigenvalue weighted by atomic mass is 10.0. The molecule has 5 aromatic rings. The van der Waals surface area contributed by atoms with Gasteiger partial charge in [0.2, 0.25) is 0 Å². The molecule has 0 aliphatic heterocycles. The van der Waals surface area contributed by atoms with E-state index in [1.807, 2.05) is 97.9 Å². The number of hydrazone groups is 1. The average Bonchev–Trinajstić information content (AvgIpc) is 3.47. The van der Waals surface area contributed by atoms with E-state index in [2.05, 4.69) is 32.9 Å². The van der Waals surface area contributed by atoms with Gasteiger partial charge in [0, 0.05) is 16.1 Å². The molecule has 1 amide bonds. The molecule has 1 heterocycles. The van der Waals surface area contributed by atoms with Gasteiger partial charge in [-0.1, -0.05) is 84.4 Å². The summed E-state index contributed by atoms with van der Waals surface area (Å²) in [7, 11) is 0. The Kier molecular flexibility index (Phi) is 7.62. The number of rotatable bonds is 8. The third kappa shape index (κ3) is 5.99. The molecule has 38 heavy (non-hydrogen) atoms. The predicted octanol–water partition coefficient (Wildman–Crippen LogP) is 7.13. The van der Waals surface area contributed by atoms with Crippen LogP contribution >= 0.6 is 11.6 Å². The Bertz CT molecular complexity index is 1560. The lowest BCUT2D eigenvalue weighted by Gasteiger charge is -2.08. The summed E-state index contributed by atoms with van der Waals surface area (Å²) in [6.45, 7) is 2.23. The minimum absolute atomic E-state index is 0.315.